The van der Waals surface area contributed by atoms with Crippen molar-refractivity contribution in [1.82, 2.24) is 24.6 Å². The summed E-state index contributed by atoms with van der Waals surface area (Å²) in [6.07, 6.45) is 7.75. The molecule has 1 aliphatic heterocycles. The Hall–Kier alpha value is -3.60. The zero-order valence-corrected chi connectivity index (χ0v) is 15.6. The summed E-state index contributed by atoms with van der Waals surface area (Å²) in [6, 6.07) is 9.70. The van der Waals surface area contributed by atoms with E-state index in [1.807, 2.05) is 36.0 Å². The molecule has 0 radical (unpaired) electrons. The van der Waals surface area contributed by atoms with E-state index >= 15 is 0 Å². The molecule has 0 aliphatic carbocycles. The standard InChI is InChI=1S/C20H21N7O/c1-25-14-22-10-18(25)12-26-11-17(24-20(28)13-27-6-2-5-23-27)8-16-7-15(9-21)3-4-19(16)26/h2-7,10,14,17H,8,11-13H2,1H3,(H,24,28). The van der Waals surface area contributed by atoms with Crippen molar-refractivity contribution in [2.24, 2.45) is 7.05 Å². The number of nitriles is 1. The van der Waals surface area contributed by atoms with Gasteiger partial charge in [0.05, 0.1) is 36.2 Å². The predicted octanol–water partition coefficient (Wildman–Crippen LogP) is 1.24. The van der Waals surface area contributed by atoms with Crippen LogP contribution < -0.4 is 10.2 Å². The topological polar surface area (TPSA) is 91.8 Å². The highest BCUT2D eigenvalue weighted by molar-refractivity contribution is 5.76. The van der Waals surface area contributed by atoms with Crippen molar-refractivity contribution < 1.29 is 4.79 Å². The summed E-state index contributed by atoms with van der Waals surface area (Å²) in [4.78, 5) is 18.9. The van der Waals surface area contributed by atoms with Crippen molar-refractivity contribution in [3.05, 3.63) is 66.0 Å². The maximum atomic E-state index is 12.4. The van der Waals surface area contributed by atoms with E-state index in [0.29, 0.717) is 25.1 Å². The molecule has 0 bridgehead atoms. The van der Waals surface area contributed by atoms with Crippen LogP contribution in [0.2, 0.25) is 0 Å². The Balaban J connectivity index is 1.55. The Kier molecular flexibility index (Phi) is 4.81. The van der Waals surface area contributed by atoms with Crippen molar-refractivity contribution >= 4 is 11.6 Å². The number of carbonyl (C=O) groups excluding carboxylic acids is 1. The molecule has 2 aromatic heterocycles. The first kappa shape index (κ1) is 17.8. The largest absolute Gasteiger partial charge is 0.363 e. The number of aryl methyl sites for hydroxylation is 1. The van der Waals surface area contributed by atoms with Gasteiger partial charge in [0, 0.05) is 37.9 Å². The summed E-state index contributed by atoms with van der Waals surface area (Å²) in [5.41, 5.74) is 3.87. The molecule has 0 saturated carbocycles. The third kappa shape index (κ3) is 3.74. The molecule has 4 rings (SSSR count). The van der Waals surface area contributed by atoms with Crippen LogP contribution in [-0.4, -0.2) is 37.8 Å². The number of hydrogen-bond donors (Lipinski definition) is 1. The summed E-state index contributed by atoms with van der Waals surface area (Å²) in [6.45, 7) is 1.56. The van der Waals surface area contributed by atoms with Gasteiger partial charge in [-0.1, -0.05) is 0 Å². The van der Waals surface area contributed by atoms with Gasteiger partial charge in [0.2, 0.25) is 5.91 Å². The van der Waals surface area contributed by atoms with E-state index in [0.717, 1.165) is 16.9 Å². The number of amides is 1. The molecular formula is C20H21N7O. The van der Waals surface area contributed by atoms with Gasteiger partial charge in [-0.3, -0.25) is 9.48 Å². The third-order valence-electron chi connectivity index (χ3n) is 4.96. The Morgan fingerprint density at radius 2 is 2.32 bits per heavy atom. The van der Waals surface area contributed by atoms with Crippen molar-refractivity contribution in [3.8, 4) is 6.07 Å². The summed E-state index contributed by atoms with van der Waals surface area (Å²) < 4.78 is 3.59. The number of anilines is 1. The lowest BCUT2D eigenvalue weighted by Gasteiger charge is -2.36. The lowest BCUT2D eigenvalue weighted by molar-refractivity contribution is -0.122. The minimum atomic E-state index is -0.0749. The Bertz CT molecular complexity index is 1020. The molecule has 1 aliphatic rings. The van der Waals surface area contributed by atoms with Gasteiger partial charge < -0.3 is 14.8 Å². The minimum absolute atomic E-state index is 0.0438. The number of aromatic nitrogens is 4. The van der Waals surface area contributed by atoms with Crippen LogP contribution in [-0.2, 0) is 31.4 Å². The highest BCUT2D eigenvalue weighted by Crippen LogP contribution is 2.29. The molecule has 28 heavy (non-hydrogen) atoms. The number of imidazole rings is 1. The SMILES string of the molecule is Cn1cncc1CN1CC(NC(=O)Cn2cccn2)Cc2cc(C#N)ccc21. The fraction of sp³-hybridized carbons (Fsp3) is 0.300. The van der Waals surface area contributed by atoms with Crippen LogP contribution in [0.25, 0.3) is 0 Å². The number of nitrogens with one attached hydrogen (secondary N) is 1. The lowest BCUT2D eigenvalue weighted by Crippen LogP contribution is -2.49. The van der Waals surface area contributed by atoms with E-state index < -0.39 is 0 Å². The summed E-state index contributed by atoms with van der Waals surface area (Å²) in [7, 11) is 1.97. The van der Waals surface area contributed by atoms with Gasteiger partial charge in [-0.2, -0.15) is 10.4 Å². The van der Waals surface area contributed by atoms with E-state index in [-0.39, 0.29) is 18.5 Å². The molecule has 1 amide bonds. The summed E-state index contributed by atoms with van der Waals surface area (Å²) >= 11 is 0. The smallest absolute Gasteiger partial charge is 0.242 e. The van der Waals surface area contributed by atoms with Crippen LogP contribution in [0.3, 0.4) is 0 Å². The molecule has 8 nitrogen and oxygen atoms in total. The van der Waals surface area contributed by atoms with Gasteiger partial charge >= 0.3 is 0 Å². The predicted molar refractivity (Wildman–Crippen MR) is 103 cm³/mol. The molecule has 1 atom stereocenters. The van der Waals surface area contributed by atoms with Gasteiger partial charge in [0.1, 0.15) is 6.54 Å². The van der Waals surface area contributed by atoms with Crippen LogP contribution in [0.15, 0.2) is 49.2 Å². The molecule has 1 unspecified atom stereocenters. The normalized spacial score (nSPS) is 15.7. The van der Waals surface area contributed by atoms with Gasteiger partial charge in [-0.15, -0.1) is 0 Å². The van der Waals surface area contributed by atoms with Gasteiger partial charge in [0.15, 0.2) is 0 Å². The second-order valence-corrected chi connectivity index (χ2v) is 7.00. The summed E-state index contributed by atoms with van der Waals surface area (Å²) in [5.74, 6) is -0.0749. The first-order chi connectivity index (χ1) is 13.6. The average molecular weight is 375 g/mol. The van der Waals surface area contributed by atoms with Crippen LogP contribution in [0, 0.1) is 11.3 Å². The molecule has 0 fully saturated rings. The van der Waals surface area contributed by atoms with E-state index in [2.05, 4.69) is 26.4 Å². The molecule has 142 valence electrons. The second kappa shape index (κ2) is 7.56. The van der Waals surface area contributed by atoms with Crippen LogP contribution >= 0.6 is 0 Å². The van der Waals surface area contributed by atoms with E-state index in [4.69, 9.17) is 0 Å². The quantitative estimate of drug-likeness (QED) is 0.724. The molecule has 3 aromatic rings. The number of fused-ring (bicyclic) bond motifs is 1. The number of benzene rings is 1. The van der Waals surface area contributed by atoms with E-state index in [1.54, 1.807) is 29.5 Å². The number of carbonyl (C=O) groups is 1. The second-order valence-electron chi connectivity index (χ2n) is 7.00. The molecule has 0 saturated heterocycles. The third-order valence-corrected chi connectivity index (χ3v) is 4.96. The van der Waals surface area contributed by atoms with Crippen molar-refractivity contribution in [2.75, 3.05) is 11.4 Å². The molecule has 1 aromatic carbocycles. The van der Waals surface area contributed by atoms with Crippen LogP contribution in [0.1, 0.15) is 16.8 Å². The average Bonchev–Trinajstić information content (AvgIpc) is 3.33. The molecule has 1 N–H and O–H groups in total. The van der Waals surface area contributed by atoms with Crippen LogP contribution in [0.4, 0.5) is 5.69 Å². The summed E-state index contributed by atoms with van der Waals surface area (Å²) in [5, 5.41) is 16.4. The fourth-order valence-corrected chi connectivity index (χ4v) is 3.61. The Labute approximate surface area is 163 Å². The van der Waals surface area contributed by atoms with Gasteiger partial charge in [0.25, 0.3) is 0 Å². The number of rotatable bonds is 5. The zero-order chi connectivity index (χ0) is 19.5. The Morgan fingerprint density at radius 1 is 1.43 bits per heavy atom. The fourth-order valence-electron chi connectivity index (χ4n) is 3.61. The zero-order valence-electron chi connectivity index (χ0n) is 15.6. The van der Waals surface area contributed by atoms with Crippen molar-refractivity contribution in [1.29, 1.82) is 5.26 Å². The maximum absolute atomic E-state index is 12.4. The molecule has 3 heterocycles. The number of nitrogens with zero attached hydrogens (tertiary/aromatic N) is 6. The van der Waals surface area contributed by atoms with Gasteiger partial charge in [-0.25, -0.2) is 4.98 Å². The number of hydrogen-bond acceptors (Lipinski definition) is 5. The van der Waals surface area contributed by atoms with Crippen molar-refractivity contribution in [2.45, 2.75) is 25.6 Å². The van der Waals surface area contributed by atoms with E-state index in [1.165, 1.54) is 0 Å². The lowest BCUT2D eigenvalue weighted by atomic mass is 9.95. The highest BCUT2D eigenvalue weighted by Gasteiger charge is 2.26. The van der Waals surface area contributed by atoms with Crippen molar-refractivity contribution in [3.63, 3.8) is 0 Å². The first-order valence-corrected chi connectivity index (χ1v) is 9.12. The molecular weight excluding hydrogens is 354 g/mol. The molecule has 8 heteroatoms. The van der Waals surface area contributed by atoms with E-state index in [9.17, 15) is 10.1 Å². The van der Waals surface area contributed by atoms with Crippen LogP contribution in [0.5, 0.6) is 0 Å². The Morgan fingerprint density at radius 3 is 3.04 bits per heavy atom. The first-order valence-electron chi connectivity index (χ1n) is 9.12. The maximum Gasteiger partial charge on any atom is 0.242 e. The molecule has 0 spiro atoms. The monoisotopic (exact) mass is 375 g/mol. The van der Waals surface area contributed by atoms with Gasteiger partial charge in [-0.05, 0) is 36.2 Å². The minimum Gasteiger partial charge on any atom is -0.363 e. The highest BCUT2D eigenvalue weighted by atomic mass is 16.2.